The van der Waals surface area contributed by atoms with E-state index in [0.717, 1.165) is 16.8 Å². The third-order valence-corrected chi connectivity index (χ3v) is 4.20. The molecule has 1 heterocycles. The zero-order chi connectivity index (χ0) is 12.3. The number of nitrogens with zero attached hydrogens (tertiary/aromatic N) is 2. The minimum Gasteiger partial charge on any atom is -0.549 e. The molecule has 88 valence electrons. The Balaban J connectivity index is 2.22. The summed E-state index contributed by atoms with van der Waals surface area (Å²) in [7, 11) is 0. The van der Waals surface area contributed by atoms with Gasteiger partial charge >= 0.3 is 0 Å². The Kier molecular flexibility index (Phi) is 3.75. The van der Waals surface area contributed by atoms with Crippen LogP contribution in [0.2, 0.25) is 0 Å². The van der Waals surface area contributed by atoms with E-state index in [1.165, 1.54) is 11.3 Å². The molecule has 0 saturated heterocycles. The van der Waals surface area contributed by atoms with E-state index in [9.17, 15) is 9.90 Å². The Morgan fingerprint density at radius 2 is 2.06 bits per heavy atom. The Labute approximate surface area is 107 Å². The predicted molar refractivity (Wildman–Crippen MR) is 64.7 cm³/mol. The average Bonchev–Trinajstić information content (AvgIpc) is 2.73. The van der Waals surface area contributed by atoms with Gasteiger partial charge in [-0.2, -0.15) is 0 Å². The van der Waals surface area contributed by atoms with E-state index in [1.807, 2.05) is 13.0 Å². The van der Waals surface area contributed by atoms with Crippen LogP contribution < -0.4 is 5.11 Å². The van der Waals surface area contributed by atoms with Gasteiger partial charge in [0.2, 0.25) is 0 Å². The van der Waals surface area contributed by atoms with Gasteiger partial charge < -0.3 is 9.90 Å². The molecule has 17 heavy (non-hydrogen) atoms. The van der Waals surface area contributed by atoms with Gasteiger partial charge in [0.25, 0.3) is 0 Å². The van der Waals surface area contributed by atoms with Crippen LogP contribution in [0, 0.1) is 6.92 Å². The first-order chi connectivity index (χ1) is 8.16. The van der Waals surface area contributed by atoms with Crippen molar-refractivity contribution >= 4 is 29.1 Å². The number of hydrogen-bond acceptors (Lipinski definition) is 6. The Morgan fingerprint density at radius 3 is 2.59 bits per heavy atom. The smallest absolute Gasteiger partial charge is 0.175 e. The Hall–Kier alpha value is -1.40. The molecule has 1 atom stereocenters. The van der Waals surface area contributed by atoms with Gasteiger partial charge in [0.1, 0.15) is 5.01 Å². The molecule has 1 aromatic heterocycles. The Bertz CT molecular complexity index is 513. The second-order valence-corrected chi connectivity index (χ2v) is 5.85. The monoisotopic (exact) mass is 265 g/mol. The van der Waals surface area contributed by atoms with Crippen molar-refractivity contribution in [3.05, 3.63) is 40.9 Å². The summed E-state index contributed by atoms with van der Waals surface area (Å²) in [6.45, 7) is 1.83. The normalized spacial score (nSPS) is 12.3. The van der Waals surface area contributed by atoms with Gasteiger partial charge in [0.05, 0.1) is 11.2 Å². The minimum atomic E-state index is -1.12. The molecular formula is C11H9N2O2S2-. The van der Waals surface area contributed by atoms with Crippen LogP contribution in [0.15, 0.2) is 34.7 Å². The number of carbonyl (C=O) groups is 1. The third-order valence-electron chi connectivity index (χ3n) is 2.04. The van der Waals surface area contributed by atoms with Crippen LogP contribution >= 0.6 is 23.1 Å². The van der Waals surface area contributed by atoms with Crippen molar-refractivity contribution in [3.63, 3.8) is 0 Å². The molecule has 0 N–H and O–H groups in total. The van der Waals surface area contributed by atoms with Gasteiger partial charge in [-0.25, -0.2) is 0 Å². The first-order valence-corrected chi connectivity index (χ1v) is 6.59. The number of carboxylic acid groups (broad SMARTS) is 1. The zero-order valence-electron chi connectivity index (χ0n) is 8.99. The van der Waals surface area contributed by atoms with Crippen molar-refractivity contribution in [2.24, 2.45) is 0 Å². The molecule has 2 aromatic rings. The lowest BCUT2D eigenvalue weighted by Crippen LogP contribution is -2.27. The third kappa shape index (κ3) is 3.04. The van der Waals surface area contributed by atoms with E-state index in [0.29, 0.717) is 9.90 Å². The van der Waals surface area contributed by atoms with Crippen molar-refractivity contribution in [2.75, 3.05) is 0 Å². The summed E-state index contributed by atoms with van der Waals surface area (Å²) >= 11 is 2.53. The maximum absolute atomic E-state index is 11.1. The van der Waals surface area contributed by atoms with E-state index in [2.05, 4.69) is 10.2 Å². The molecule has 0 aliphatic carbocycles. The molecule has 0 spiro atoms. The molecule has 0 radical (unpaired) electrons. The van der Waals surface area contributed by atoms with Crippen LogP contribution in [0.3, 0.4) is 0 Å². The van der Waals surface area contributed by atoms with E-state index in [1.54, 1.807) is 24.3 Å². The van der Waals surface area contributed by atoms with Gasteiger partial charge in [-0.1, -0.05) is 53.4 Å². The van der Waals surface area contributed by atoms with Crippen molar-refractivity contribution in [1.29, 1.82) is 0 Å². The van der Waals surface area contributed by atoms with Gasteiger partial charge in [0, 0.05) is 0 Å². The molecule has 0 bridgehead atoms. The molecule has 0 aliphatic rings. The fourth-order valence-electron chi connectivity index (χ4n) is 1.31. The van der Waals surface area contributed by atoms with Crippen LogP contribution in [0.1, 0.15) is 15.8 Å². The number of aryl methyl sites for hydroxylation is 1. The number of hydrogen-bond donors (Lipinski definition) is 0. The number of carboxylic acids is 1. The molecule has 2 rings (SSSR count). The summed E-state index contributed by atoms with van der Waals surface area (Å²) in [6.07, 6.45) is 0. The Morgan fingerprint density at radius 1 is 1.35 bits per heavy atom. The van der Waals surface area contributed by atoms with E-state index in [-0.39, 0.29) is 0 Å². The van der Waals surface area contributed by atoms with Crippen LogP contribution in [-0.2, 0) is 4.79 Å². The molecule has 1 aromatic carbocycles. The van der Waals surface area contributed by atoms with E-state index >= 15 is 0 Å². The number of aromatic nitrogens is 2. The van der Waals surface area contributed by atoms with Gasteiger partial charge in [-0.15, -0.1) is 10.2 Å². The highest BCUT2D eigenvalue weighted by Crippen LogP contribution is 2.36. The summed E-state index contributed by atoms with van der Waals surface area (Å²) in [5.41, 5.74) is 0.699. The maximum Gasteiger partial charge on any atom is 0.175 e. The predicted octanol–water partition coefficient (Wildman–Crippen LogP) is 1.43. The number of carbonyl (C=O) groups excluding carboxylic acids is 1. The summed E-state index contributed by atoms with van der Waals surface area (Å²) in [5.74, 6) is -1.12. The summed E-state index contributed by atoms with van der Waals surface area (Å²) in [6, 6.07) is 8.98. The van der Waals surface area contributed by atoms with Gasteiger partial charge in [0.15, 0.2) is 4.34 Å². The lowest BCUT2D eigenvalue weighted by atomic mass is 10.1. The maximum atomic E-state index is 11.1. The number of benzene rings is 1. The first kappa shape index (κ1) is 12.1. The molecule has 4 nitrogen and oxygen atoms in total. The molecule has 0 amide bonds. The van der Waals surface area contributed by atoms with Gasteiger partial charge in [-0.3, -0.25) is 0 Å². The second-order valence-electron chi connectivity index (χ2n) is 3.31. The molecule has 0 saturated carbocycles. The van der Waals surface area contributed by atoms with Crippen molar-refractivity contribution in [3.8, 4) is 0 Å². The number of rotatable bonds is 4. The first-order valence-electron chi connectivity index (χ1n) is 4.89. The highest BCUT2D eigenvalue weighted by molar-refractivity contribution is 8.01. The molecule has 0 unspecified atom stereocenters. The van der Waals surface area contributed by atoms with Gasteiger partial charge in [-0.05, 0) is 12.5 Å². The van der Waals surface area contributed by atoms with Crippen LogP contribution in [0.25, 0.3) is 0 Å². The van der Waals surface area contributed by atoms with Crippen LogP contribution in [-0.4, -0.2) is 16.2 Å². The summed E-state index contributed by atoms with van der Waals surface area (Å²) in [4.78, 5) is 11.1. The fourth-order valence-corrected chi connectivity index (χ4v) is 3.24. The quantitative estimate of drug-likeness (QED) is 0.782. The standard InChI is InChI=1S/C11H10N2O2S2/c1-7-12-13-11(16-7)17-9(10(14)15)8-5-3-2-4-6-8/h2-6,9H,1H3,(H,14,15)/p-1/t9-/m0/s1. The molecular weight excluding hydrogens is 256 g/mol. The number of aliphatic carboxylic acids is 1. The average molecular weight is 265 g/mol. The molecule has 0 fully saturated rings. The fraction of sp³-hybridized carbons (Fsp3) is 0.182. The summed E-state index contributed by atoms with van der Waals surface area (Å²) in [5, 5.41) is 19.0. The zero-order valence-corrected chi connectivity index (χ0v) is 10.6. The second kappa shape index (κ2) is 5.29. The van der Waals surface area contributed by atoms with Crippen LogP contribution in [0.5, 0.6) is 0 Å². The number of thioether (sulfide) groups is 1. The minimum absolute atomic E-state index is 0.639. The topological polar surface area (TPSA) is 65.9 Å². The molecule has 0 aliphatic heterocycles. The SMILES string of the molecule is Cc1nnc(S[C@H](C(=O)[O-])c2ccccc2)s1. The highest BCUT2D eigenvalue weighted by atomic mass is 32.2. The van der Waals surface area contributed by atoms with Crippen LogP contribution in [0.4, 0.5) is 0 Å². The van der Waals surface area contributed by atoms with E-state index in [4.69, 9.17) is 0 Å². The summed E-state index contributed by atoms with van der Waals surface area (Å²) < 4.78 is 0.639. The van der Waals surface area contributed by atoms with Crippen molar-refractivity contribution in [1.82, 2.24) is 10.2 Å². The molecule has 6 heteroatoms. The lowest BCUT2D eigenvalue weighted by molar-refractivity contribution is -0.305. The lowest BCUT2D eigenvalue weighted by Gasteiger charge is -2.15. The van der Waals surface area contributed by atoms with Crippen molar-refractivity contribution < 1.29 is 9.90 Å². The van der Waals surface area contributed by atoms with E-state index < -0.39 is 11.2 Å². The highest BCUT2D eigenvalue weighted by Gasteiger charge is 2.16. The largest absolute Gasteiger partial charge is 0.549 e. The van der Waals surface area contributed by atoms with Crippen molar-refractivity contribution in [2.45, 2.75) is 16.5 Å².